The average Bonchev–Trinajstić information content (AvgIpc) is 2.31. The van der Waals surface area contributed by atoms with Crippen LogP contribution in [0, 0.1) is 19.7 Å². The van der Waals surface area contributed by atoms with E-state index in [4.69, 9.17) is 0 Å². The number of carbonyl (C=O) groups excluding carboxylic acids is 1. The Labute approximate surface area is 110 Å². The van der Waals surface area contributed by atoms with Crippen molar-refractivity contribution in [3.8, 4) is 5.75 Å². The molecule has 2 aromatic carbocycles. The number of hydrogen-bond acceptors (Lipinski definition) is 2. The van der Waals surface area contributed by atoms with Gasteiger partial charge in [-0.15, -0.1) is 0 Å². The van der Waals surface area contributed by atoms with Crippen LogP contribution in [0.2, 0.25) is 0 Å². The van der Waals surface area contributed by atoms with Gasteiger partial charge in [0.05, 0.1) is 0 Å². The zero-order chi connectivity index (χ0) is 14.0. The summed E-state index contributed by atoms with van der Waals surface area (Å²) in [6.07, 6.45) is 0. The highest BCUT2D eigenvalue weighted by molar-refractivity contribution is 6.04. The van der Waals surface area contributed by atoms with Gasteiger partial charge >= 0.3 is 0 Å². The van der Waals surface area contributed by atoms with Gasteiger partial charge in [0.1, 0.15) is 11.6 Å². The Hall–Kier alpha value is -2.36. The SMILES string of the molecule is Cc1cc(F)cc(C(=O)Nc2ccc(O)cc2C)c1. The zero-order valence-corrected chi connectivity index (χ0v) is 10.7. The van der Waals surface area contributed by atoms with Crippen molar-refractivity contribution in [1.29, 1.82) is 0 Å². The fourth-order valence-electron chi connectivity index (χ4n) is 1.85. The molecule has 0 aliphatic carbocycles. The summed E-state index contributed by atoms with van der Waals surface area (Å²) in [5.74, 6) is -0.680. The van der Waals surface area contributed by atoms with Crippen molar-refractivity contribution in [2.45, 2.75) is 13.8 Å². The van der Waals surface area contributed by atoms with Crippen LogP contribution in [0.25, 0.3) is 0 Å². The lowest BCUT2D eigenvalue weighted by molar-refractivity contribution is 0.102. The number of phenols is 1. The van der Waals surface area contributed by atoms with E-state index in [1.807, 2.05) is 0 Å². The standard InChI is InChI=1S/C15H14FNO2/c1-9-5-11(8-12(16)6-9)15(19)17-14-4-3-13(18)7-10(14)2/h3-8,18H,1-2H3,(H,17,19). The van der Waals surface area contributed by atoms with Gasteiger partial charge in [-0.25, -0.2) is 4.39 Å². The van der Waals surface area contributed by atoms with Gasteiger partial charge in [-0.3, -0.25) is 4.79 Å². The minimum absolute atomic E-state index is 0.136. The number of halogens is 1. The summed E-state index contributed by atoms with van der Waals surface area (Å²) in [7, 11) is 0. The van der Waals surface area contributed by atoms with E-state index in [0.29, 0.717) is 11.3 Å². The number of carbonyl (C=O) groups is 1. The van der Waals surface area contributed by atoms with Crippen LogP contribution < -0.4 is 5.32 Å². The Balaban J connectivity index is 2.25. The predicted molar refractivity (Wildman–Crippen MR) is 71.9 cm³/mol. The van der Waals surface area contributed by atoms with Crippen molar-refractivity contribution in [1.82, 2.24) is 0 Å². The van der Waals surface area contributed by atoms with E-state index < -0.39 is 5.82 Å². The fourth-order valence-corrected chi connectivity index (χ4v) is 1.85. The smallest absolute Gasteiger partial charge is 0.255 e. The minimum atomic E-state index is -0.437. The van der Waals surface area contributed by atoms with E-state index in [2.05, 4.69) is 5.32 Å². The Morgan fingerprint density at radius 3 is 2.53 bits per heavy atom. The number of aromatic hydroxyl groups is 1. The topological polar surface area (TPSA) is 49.3 Å². The molecule has 0 bridgehead atoms. The van der Waals surface area contributed by atoms with Crippen LogP contribution in [-0.2, 0) is 0 Å². The molecule has 0 heterocycles. The van der Waals surface area contributed by atoms with Crippen molar-refractivity contribution in [2.75, 3.05) is 5.32 Å². The van der Waals surface area contributed by atoms with Crippen LogP contribution in [0.15, 0.2) is 36.4 Å². The molecule has 2 N–H and O–H groups in total. The molecule has 0 aromatic heterocycles. The maximum atomic E-state index is 13.2. The Morgan fingerprint density at radius 1 is 1.16 bits per heavy atom. The van der Waals surface area contributed by atoms with Crippen LogP contribution in [-0.4, -0.2) is 11.0 Å². The largest absolute Gasteiger partial charge is 0.508 e. The molecule has 1 amide bonds. The Bertz CT molecular complexity index is 618. The summed E-state index contributed by atoms with van der Waals surface area (Å²) in [6, 6.07) is 8.81. The number of hydrogen-bond donors (Lipinski definition) is 2. The summed E-state index contributed by atoms with van der Waals surface area (Å²) in [5, 5.41) is 12.0. The van der Waals surface area contributed by atoms with Gasteiger partial charge in [-0.2, -0.15) is 0 Å². The fraction of sp³-hybridized carbons (Fsp3) is 0.133. The number of amides is 1. The molecular formula is C15H14FNO2. The van der Waals surface area contributed by atoms with Crippen LogP contribution in [0.5, 0.6) is 5.75 Å². The molecule has 3 nitrogen and oxygen atoms in total. The third-order valence-electron chi connectivity index (χ3n) is 2.76. The van der Waals surface area contributed by atoms with Crippen molar-refractivity contribution < 1.29 is 14.3 Å². The van der Waals surface area contributed by atoms with E-state index in [0.717, 1.165) is 5.56 Å². The molecule has 0 saturated heterocycles. The first-order valence-electron chi connectivity index (χ1n) is 5.84. The van der Waals surface area contributed by atoms with Gasteiger partial charge in [0.2, 0.25) is 0 Å². The quantitative estimate of drug-likeness (QED) is 0.812. The monoisotopic (exact) mass is 259 g/mol. The number of rotatable bonds is 2. The summed E-state index contributed by atoms with van der Waals surface area (Å²) in [4.78, 5) is 12.0. The molecule has 0 aliphatic rings. The third-order valence-corrected chi connectivity index (χ3v) is 2.76. The molecule has 0 saturated carbocycles. The van der Waals surface area contributed by atoms with E-state index in [1.54, 1.807) is 32.0 Å². The number of aryl methyl sites for hydroxylation is 2. The summed E-state index contributed by atoms with van der Waals surface area (Å²) < 4.78 is 13.2. The molecule has 0 aliphatic heterocycles. The molecular weight excluding hydrogens is 245 g/mol. The van der Waals surface area contributed by atoms with Crippen LogP contribution >= 0.6 is 0 Å². The van der Waals surface area contributed by atoms with Gasteiger partial charge in [0.25, 0.3) is 5.91 Å². The van der Waals surface area contributed by atoms with E-state index in [1.165, 1.54) is 18.2 Å². The van der Waals surface area contributed by atoms with Crippen molar-refractivity contribution in [3.05, 3.63) is 58.9 Å². The summed E-state index contributed by atoms with van der Waals surface area (Å²) in [5.41, 5.74) is 2.28. The number of nitrogens with one attached hydrogen (secondary N) is 1. The second-order valence-corrected chi connectivity index (χ2v) is 4.47. The molecule has 19 heavy (non-hydrogen) atoms. The number of phenolic OH excluding ortho intramolecular Hbond substituents is 1. The van der Waals surface area contributed by atoms with Crippen LogP contribution in [0.4, 0.5) is 10.1 Å². The Kier molecular flexibility index (Phi) is 3.51. The second-order valence-electron chi connectivity index (χ2n) is 4.47. The van der Waals surface area contributed by atoms with Crippen molar-refractivity contribution >= 4 is 11.6 Å². The number of benzene rings is 2. The lowest BCUT2D eigenvalue weighted by Gasteiger charge is -2.09. The maximum Gasteiger partial charge on any atom is 0.255 e. The molecule has 0 unspecified atom stereocenters. The molecule has 0 fully saturated rings. The summed E-state index contributed by atoms with van der Waals surface area (Å²) in [6.45, 7) is 3.50. The first-order valence-corrected chi connectivity index (χ1v) is 5.84. The van der Waals surface area contributed by atoms with Crippen LogP contribution in [0.3, 0.4) is 0 Å². The highest BCUT2D eigenvalue weighted by Gasteiger charge is 2.09. The summed E-state index contributed by atoms with van der Waals surface area (Å²) >= 11 is 0. The molecule has 0 spiro atoms. The zero-order valence-electron chi connectivity index (χ0n) is 10.7. The highest BCUT2D eigenvalue weighted by atomic mass is 19.1. The average molecular weight is 259 g/mol. The first-order chi connectivity index (χ1) is 8.95. The second kappa shape index (κ2) is 5.10. The molecule has 2 aromatic rings. The first kappa shape index (κ1) is 13.1. The van der Waals surface area contributed by atoms with E-state index in [-0.39, 0.29) is 17.2 Å². The van der Waals surface area contributed by atoms with E-state index >= 15 is 0 Å². The minimum Gasteiger partial charge on any atom is -0.508 e. The maximum absolute atomic E-state index is 13.2. The van der Waals surface area contributed by atoms with Crippen molar-refractivity contribution in [2.24, 2.45) is 0 Å². The highest BCUT2D eigenvalue weighted by Crippen LogP contribution is 2.21. The van der Waals surface area contributed by atoms with Crippen LogP contribution in [0.1, 0.15) is 21.5 Å². The van der Waals surface area contributed by atoms with Gasteiger partial charge < -0.3 is 10.4 Å². The van der Waals surface area contributed by atoms with Gasteiger partial charge in [-0.05, 0) is 61.4 Å². The third kappa shape index (κ3) is 3.10. The lowest BCUT2D eigenvalue weighted by atomic mass is 10.1. The van der Waals surface area contributed by atoms with Gasteiger partial charge in [0.15, 0.2) is 0 Å². The molecule has 2 rings (SSSR count). The van der Waals surface area contributed by atoms with Gasteiger partial charge in [0, 0.05) is 11.3 Å². The molecule has 98 valence electrons. The van der Waals surface area contributed by atoms with Crippen molar-refractivity contribution in [3.63, 3.8) is 0 Å². The van der Waals surface area contributed by atoms with E-state index in [9.17, 15) is 14.3 Å². The molecule has 4 heteroatoms. The predicted octanol–water partition coefficient (Wildman–Crippen LogP) is 3.40. The molecule has 0 radical (unpaired) electrons. The lowest BCUT2D eigenvalue weighted by Crippen LogP contribution is -2.13. The normalized spacial score (nSPS) is 10.3. The molecule has 0 atom stereocenters. The Morgan fingerprint density at radius 2 is 1.89 bits per heavy atom. The van der Waals surface area contributed by atoms with Gasteiger partial charge in [-0.1, -0.05) is 0 Å². The number of anilines is 1.